The van der Waals surface area contributed by atoms with Crippen LogP contribution in [0.5, 0.6) is 0 Å². The van der Waals surface area contributed by atoms with E-state index in [1.165, 1.54) is 4.90 Å². The van der Waals surface area contributed by atoms with Crippen LogP contribution in [0.3, 0.4) is 0 Å². The number of hydrogen-bond acceptors (Lipinski definition) is 4. The monoisotopic (exact) mass is 344 g/mol. The highest BCUT2D eigenvalue weighted by atomic mass is 19.3. The first-order valence-corrected chi connectivity index (χ1v) is 7.35. The molecule has 2 unspecified atom stereocenters. The zero-order valence-electron chi connectivity index (χ0n) is 13.2. The molecule has 1 aromatic rings. The lowest BCUT2D eigenvalue weighted by molar-refractivity contribution is -0.146. The molecule has 132 valence electrons. The summed E-state index contributed by atoms with van der Waals surface area (Å²) in [5.74, 6) is -3.81. The average Bonchev–Trinajstić information content (AvgIpc) is 3.02. The van der Waals surface area contributed by atoms with Gasteiger partial charge in [0.1, 0.15) is 6.04 Å². The molecule has 0 spiro atoms. The molecule has 2 rings (SSSR count). The molecule has 1 fully saturated rings. The van der Waals surface area contributed by atoms with E-state index in [2.05, 4.69) is 0 Å². The Hall–Kier alpha value is -2.45. The number of rotatable bonds is 4. The van der Waals surface area contributed by atoms with E-state index in [0.717, 1.165) is 17.0 Å². The number of carboxylic acid groups (broad SMARTS) is 1. The number of alkyl halides is 2. The van der Waals surface area contributed by atoms with Crippen molar-refractivity contribution in [1.29, 1.82) is 0 Å². The molecule has 2 amide bonds. The molecule has 2 heterocycles. The number of aliphatic carboxylic acids is 1. The molecule has 0 saturated carbocycles. The van der Waals surface area contributed by atoms with E-state index in [-0.39, 0.29) is 24.6 Å². The average molecular weight is 344 g/mol. The minimum Gasteiger partial charge on any atom is -0.480 e. The largest absolute Gasteiger partial charge is 0.480 e. The van der Waals surface area contributed by atoms with Gasteiger partial charge in [0.15, 0.2) is 11.5 Å². The third kappa shape index (κ3) is 3.55. The zero-order valence-corrected chi connectivity index (χ0v) is 13.2. The lowest BCUT2D eigenvalue weighted by Crippen LogP contribution is -2.53. The van der Waals surface area contributed by atoms with Gasteiger partial charge in [-0.3, -0.25) is 9.59 Å². The van der Waals surface area contributed by atoms with E-state index in [1.807, 2.05) is 0 Å². The molecule has 0 bridgehead atoms. The second kappa shape index (κ2) is 6.98. The number of hydrogen-bond donors (Lipinski definition) is 1. The molecule has 2 atom stereocenters. The van der Waals surface area contributed by atoms with Crippen molar-refractivity contribution in [2.45, 2.75) is 25.3 Å². The number of carbonyl (C=O) groups excluding carboxylic acids is 2. The van der Waals surface area contributed by atoms with E-state index in [4.69, 9.17) is 4.42 Å². The van der Waals surface area contributed by atoms with Crippen molar-refractivity contribution in [2.24, 2.45) is 5.92 Å². The van der Waals surface area contributed by atoms with Crippen LogP contribution in [0.25, 0.3) is 0 Å². The molecule has 1 aromatic heterocycles. The van der Waals surface area contributed by atoms with Crippen LogP contribution in [0.1, 0.15) is 35.6 Å². The second-order valence-corrected chi connectivity index (χ2v) is 5.82. The summed E-state index contributed by atoms with van der Waals surface area (Å²) in [6.45, 7) is -0.0997. The highest BCUT2D eigenvalue weighted by molar-refractivity contribution is 5.95. The Morgan fingerprint density at radius 1 is 1.29 bits per heavy atom. The summed E-state index contributed by atoms with van der Waals surface area (Å²) in [4.78, 5) is 38.3. The number of furan rings is 1. The topological polar surface area (TPSA) is 91.1 Å². The fraction of sp³-hybridized carbons (Fsp3) is 0.533. The van der Waals surface area contributed by atoms with Crippen molar-refractivity contribution in [3.63, 3.8) is 0 Å². The van der Waals surface area contributed by atoms with Gasteiger partial charge >= 0.3 is 5.97 Å². The first-order chi connectivity index (χ1) is 11.2. The molecule has 1 N–H and O–H groups in total. The van der Waals surface area contributed by atoms with Crippen LogP contribution in [0.2, 0.25) is 0 Å². The number of halogens is 2. The van der Waals surface area contributed by atoms with Crippen molar-refractivity contribution >= 4 is 17.8 Å². The van der Waals surface area contributed by atoms with Crippen LogP contribution in [0.4, 0.5) is 8.78 Å². The Morgan fingerprint density at radius 2 is 1.96 bits per heavy atom. The maximum absolute atomic E-state index is 12.6. The van der Waals surface area contributed by atoms with Crippen molar-refractivity contribution in [3.05, 3.63) is 23.7 Å². The van der Waals surface area contributed by atoms with E-state index in [9.17, 15) is 28.3 Å². The third-order valence-electron chi connectivity index (χ3n) is 3.97. The van der Waals surface area contributed by atoms with Gasteiger partial charge in [0.2, 0.25) is 5.91 Å². The third-order valence-corrected chi connectivity index (χ3v) is 3.97. The molecule has 0 radical (unpaired) electrons. The van der Waals surface area contributed by atoms with Crippen LogP contribution in [0.15, 0.2) is 16.5 Å². The summed E-state index contributed by atoms with van der Waals surface area (Å²) < 4.78 is 30.0. The number of carbonyl (C=O) groups is 3. The van der Waals surface area contributed by atoms with Gasteiger partial charge in [0, 0.05) is 20.6 Å². The van der Waals surface area contributed by atoms with E-state index in [1.54, 1.807) is 14.1 Å². The lowest BCUT2D eigenvalue weighted by atomic mass is 9.91. The van der Waals surface area contributed by atoms with E-state index >= 15 is 0 Å². The van der Waals surface area contributed by atoms with Crippen LogP contribution >= 0.6 is 0 Å². The Bertz CT molecular complexity index is 644. The Kier molecular flexibility index (Phi) is 5.20. The Labute approximate surface area is 136 Å². The molecule has 1 aliphatic heterocycles. The summed E-state index contributed by atoms with van der Waals surface area (Å²) in [5, 5.41) is 9.29. The maximum atomic E-state index is 12.6. The zero-order chi connectivity index (χ0) is 18.0. The molecule has 9 heteroatoms. The van der Waals surface area contributed by atoms with E-state index < -0.39 is 36.0 Å². The summed E-state index contributed by atoms with van der Waals surface area (Å²) in [6, 6.07) is 0.934. The SMILES string of the molecule is CN(C)C(=O)C1CCC(C(=O)O)N(C(=O)c2ccc(C(F)F)o2)C1. The predicted octanol–water partition coefficient (Wildman–Crippen LogP) is 1.61. The van der Waals surface area contributed by atoms with Gasteiger partial charge in [-0.2, -0.15) is 0 Å². The standard InChI is InChI=1S/C15H18F2N2O5/c1-18(2)13(20)8-3-4-9(15(22)23)19(7-8)14(21)11-6-5-10(24-11)12(16)17/h5-6,8-9,12H,3-4,7H2,1-2H3,(H,22,23). The Morgan fingerprint density at radius 3 is 2.46 bits per heavy atom. The number of likely N-dealkylation sites (tertiary alicyclic amines) is 1. The molecule has 0 aromatic carbocycles. The molecule has 0 aliphatic carbocycles. The van der Waals surface area contributed by atoms with Crippen LogP contribution in [-0.4, -0.2) is 59.4 Å². The van der Waals surface area contributed by atoms with Gasteiger partial charge in [-0.05, 0) is 25.0 Å². The quantitative estimate of drug-likeness (QED) is 0.896. The van der Waals surface area contributed by atoms with Gasteiger partial charge in [-0.1, -0.05) is 0 Å². The maximum Gasteiger partial charge on any atom is 0.326 e. The molecular weight excluding hydrogens is 326 g/mol. The van der Waals surface area contributed by atoms with Gasteiger partial charge in [-0.15, -0.1) is 0 Å². The van der Waals surface area contributed by atoms with Crippen molar-refractivity contribution in [1.82, 2.24) is 9.80 Å². The van der Waals surface area contributed by atoms with Gasteiger partial charge in [-0.25, -0.2) is 13.6 Å². The minimum absolute atomic E-state index is 0.0997. The van der Waals surface area contributed by atoms with E-state index in [0.29, 0.717) is 6.42 Å². The fourth-order valence-electron chi connectivity index (χ4n) is 2.75. The highest BCUT2D eigenvalue weighted by Crippen LogP contribution is 2.27. The fourth-order valence-corrected chi connectivity index (χ4v) is 2.75. The van der Waals surface area contributed by atoms with Crippen molar-refractivity contribution < 1.29 is 32.7 Å². The van der Waals surface area contributed by atoms with Crippen molar-refractivity contribution in [3.8, 4) is 0 Å². The summed E-state index contributed by atoms with van der Waals surface area (Å²) >= 11 is 0. The molecule has 1 aliphatic rings. The smallest absolute Gasteiger partial charge is 0.326 e. The normalized spacial score (nSPS) is 21.0. The Balaban J connectivity index is 2.24. The van der Waals surface area contributed by atoms with Gasteiger partial charge < -0.3 is 19.3 Å². The molecule has 1 saturated heterocycles. The summed E-state index contributed by atoms with van der Waals surface area (Å²) in [6.07, 6.45) is -2.43. The van der Waals surface area contributed by atoms with Gasteiger partial charge in [0.25, 0.3) is 12.3 Å². The molecule has 24 heavy (non-hydrogen) atoms. The lowest BCUT2D eigenvalue weighted by Gasteiger charge is -2.37. The number of carboxylic acids is 1. The van der Waals surface area contributed by atoms with Crippen molar-refractivity contribution in [2.75, 3.05) is 20.6 Å². The predicted molar refractivity (Wildman–Crippen MR) is 77.5 cm³/mol. The van der Waals surface area contributed by atoms with Crippen LogP contribution in [-0.2, 0) is 9.59 Å². The summed E-state index contributed by atoms with van der Waals surface area (Å²) in [5.41, 5.74) is 0. The molecule has 7 nitrogen and oxygen atoms in total. The van der Waals surface area contributed by atoms with Crippen LogP contribution in [0, 0.1) is 5.92 Å². The van der Waals surface area contributed by atoms with Gasteiger partial charge in [0.05, 0.1) is 5.92 Å². The second-order valence-electron chi connectivity index (χ2n) is 5.82. The highest BCUT2D eigenvalue weighted by Gasteiger charge is 2.40. The summed E-state index contributed by atoms with van der Waals surface area (Å²) in [7, 11) is 3.14. The number of amides is 2. The number of nitrogens with zero attached hydrogens (tertiary/aromatic N) is 2. The van der Waals surface area contributed by atoms with Crippen LogP contribution < -0.4 is 0 Å². The number of piperidine rings is 1. The minimum atomic E-state index is -2.87. The first-order valence-electron chi connectivity index (χ1n) is 7.35. The first kappa shape index (κ1) is 17.9. The molecular formula is C15H18F2N2O5.